The Bertz CT molecular complexity index is 1460. The molecule has 0 radical (unpaired) electrons. The molecule has 0 unspecified atom stereocenters. The van der Waals surface area contributed by atoms with Gasteiger partial charge in [0, 0.05) is 11.8 Å². The van der Waals surface area contributed by atoms with Gasteiger partial charge >= 0.3 is 0 Å². The fraction of sp³-hybridized carbons (Fsp3) is 0.0476. The lowest BCUT2D eigenvalue weighted by Crippen LogP contribution is -2.16. The monoisotopic (exact) mass is 469 g/mol. The number of nitrogens with zero attached hydrogens (tertiary/aromatic N) is 3. The molecule has 3 aromatic carbocycles. The molecule has 0 aliphatic heterocycles. The fourth-order valence-corrected chi connectivity index (χ4v) is 4.20. The Hall–Kier alpha value is -3.76. The number of hydrogen-bond acceptors (Lipinski definition) is 7. The molecule has 0 atom stereocenters. The molecule has 0 saturated heterocycles. The molecule has 0 aliphatic rings. The van der Waals surface area contributed by atoms with E-state index in [4.69, 9.17) is 11.6 Å². The Morgan fingerprint density at radius 3 is 2.22 bits per heavy atom. The zero-order valence-corrected chi connectivity index (χ0v) is 18.2. The zero-order valence-electron chi connectivity index (χ0n) is 16.6. The van der Waals surface area contributed by atoms with Crippen LogP contribution in [-0.2, 0) is 10.0 Å². The first-order chi connectivity index (χ1) is 15.2. The first-order valence-corrected chi connectivity index (χ1v) is 11.2. The summed E-state index contributed by atoms with van der Waals surface area (Å²) >= 11 is 5.81. The number of hydrogen-bond donors (Lipinski definition) is 2. The highest BCUT2D eigenvalue weighted by Gasteiger charge is 2.23. The molecule has 0 bridgehead atoms. The molecule has 0 spiro atoms. The number of nitro benzene ring substituents is 1. The second-order valence-corrected chi connectivity index (χ2v) is 8.91. The number of aryl methyl sites for hydroxylation is 1. The number of sulfonamides is 1. The Morgan fingerprint density at radius 1 is 0.938 bits per heavy atom. The predicted octanol–water partition coefficient (Wildman–Crippen LogP) is 5.04. The average Bonchev–Trinajstić information content (AvgIpc) is 2.75. The molecule has 162 valence electrons. The summed E-state index contributed by atoms with van der Waals surface area (Å²) in [5.41, 5.74) is 2.16. The van der Waals surface area contributed by atoms with Crippen molar-refractivity contribution in [2.75, 3.05) is 10.0 Å². The molecule has 0 aliphatic carbocycles. The number of aromatic nitrogens is 2. The van der Waals surface area contributed by atoms with Gasteiger partial charge in [-0.2, -0.15) is 0 Å². The van der Waals surface area contributed by atoms with Gasteiger partial charge in [-0.1, -0.05) is 41.9 Å². The molecular formula is C21H16ClN5O4S. The maximum absolute atomic E-state index is 13.0. The van der Waals surface area contributed by atoms with E-state index >= 15 is 0 Å². The van der Waals surface area contributed by atoms with E-state index < -0.39 is 20.6 Å². The van der Waals surface area contributed by atoms with E-state index in [1.54, 1.807) is 24.3 Å². The molecule has 1 heterocycles. The molecule has 2 N–H and O–H groups in total. The molecule has 0 amide bonds. The van der Waals surface area contributed by atoms with Crippen LogP contribution in [0.5, 0.6) is 0 Å². The highest BCUT2D eigenvalue weighted by Crippen LogP contribution is 2.31. The molecular weight excluding hydrogens is 454 g/mol. The third-order valence-corrected chi connectivity index (χ3v) is 6.28. The number of fused-ring (bicyclic) bond motifs is 1. The largest absolute Gasteiger partial charge is 0.337 e. The summed E-state index contributed by atoms with van der Waals surface area (Å²) in [5.74, 6) is 0.134. The summed E-state index contributed by atoms with van der Waals surface area (Å²) in [6.45, 7) is 1.90. The highest BCUT2D eigenvalue weighted by molar-refractivity contribution is 7.92. The maximum Gasteiger partial charge on any atom is 0.289 e. The van der Waals surface area contributed by atoms with Crippen LogP contribution < -0.4 is 10.0 Å². The second kappa shape index (κ2) is 8.40. The van der Waals surface area contributed by atoms with E-state index in [1.165, 1.54) is 6.07 Å². The van der Waals surface area contributed by atoms with E-state index in [-0.39, 0.29) is 21.6 Å². The molecule has 4 aromatic rings. The van der Waals surface area contributed by atoms with Crippen LogP contribution in [-0.4, -0.2) is 23.3 Å². The molecule has 0 saturated carbocycles. The van der Waals surface area contributed by atoms with Crippen LogP contribution in [0.15, 0.2) is 71.6 Å². The van der Waals surface area contributed by atoms with E-state index in [0.29, 0.717) is 11.0 Å². The third-order valence-electron chi connectivity index (χ3n) is 4.62. The van der Waals surface area contributed by atoms with Crippen LogP contribution in [0.1, 0.15) is 5.56 Å². The Labute approximate surface area is 188 Å². The van der Waals surface area contributed by atoms with Gasteiger partial charge in [0.2, 0.25) is 0 Å². The Kier molecular flexibility index (Phi) is 5.64. The van der Waals surface area contributed by atoms with E-state index in [0.717, 1.165) is 23.4 Å². The highest BCUT2D eigenvalue weighted by atomic mass is 35.5. The minimum atomic E-state index is -4.24. The molecule has 9 nitrogen and oxygen atoms in total. The topological polar surface area (TPSA) is 127 Å². The summed E-state index contributed by atoms with van der Waals surface area (Å²) < 4.78 is 28.4. The standard InChI is InChI=1S/C21H16ClN5O4S/c1-13-6-2-3-7-16(13)23-20-21(25-18-9-5-4-8-17(18)24-20)26-32(30,31)14-10-11-15(22)19(12-14)27(28)29/h2-12H,1H3,(H,23,24)(H,25,26). The normalized spacial score (nSPS) is 11.3. The first-order valence-electron chi connectivity index (χ1n) is 9.31. The summed E-state index contributed by atoms with van der Waals surface area (Å²) in [7, 11) is -4.24. The van der Waals surface area contributed by atoms with E-state index in [9.17, 15) is 18.5 Å². The van der Waals surface area contributed by atoms with E-state index in [1.807, 2.05) is 31.2 Å². The first kappa shape index (κ1) is 21.5. The zero-order chi connectivity index (χ0) is 22.9. The lowest BCUT2D eigenvalue weighted by atomic mass is 10.2. The van der Waals surface area contributed by atoms with Gasteiger partial charge in [-0.05, 0) is 42.8 Å². The smallest absolute Gasteiger partial charge is 0.289 e. The summed E-state index contributed by atoms with van der Waals surface area (Å²) in [5, 5.41) is 14.1. The van der Waals surface area contributed by atoms with Crippen LogP contribution in [0, 0.1) is 17.0 Å². The van der Waals surface area contributed by atoms with Crippen LogP contribution in [0.3, 0.4) is 0 Å². The number of nitro groups is 1. The predicted molar refractivity (Wildman–Crippen MR) is 123 cm³/mol. The molecule has 32 heavy (non-hydrogen) atoms. The van der Waals surface area contributed by atoms with Crippen molar-refractivity contribution in [2.24, 2.45) is 0 Å². The van der Waals surface area contributed by atoms with Crippen LogP contribution in [0.2, 0.25) is 5.02 Å². The van der Waals surface area contributed by atoms with Gasteiger partial charge in [0.1, 0.15) is 5.02 Å². The van der Waals surface area contributed by atoms with Gasteiger partial charge < -0.3 is 5.32 Å². The van der Waals surface area contributed by atoms with Crippen molar-refractivity contribution in [3.05, 3.63) is 87.4 Å². The van der Waals surface area contributed by atoms with Gasteiger partial charge in [0.05, 0.1) is 20.9 Å². The van der Waals surface area contributed by atoms with Crippen molar-refractivity contribution in [1.82, 2.24) is 9.97 Å². The van der Waals surface area contributed by atoms with Gasteiger partial charge in [0.25, 0.3) is 15.7 Å². The van der Waals surface area contributed by atoms with Gasteiger partial charge in [-0.25, -0.2) is 18.4 Å². The fourth-order valence-electron chi connectivity index (χ4n) is 2.98. The minimum absolute atomic E-state index is 0.0513. The van der Waals surface area contributed by atoms with Crippen LogP contribution in [0.25, 0.3) is 11.0 Å². The van der Waals surface area contributed by atoms with Crippen LogP contribution >= 0.6 is 11.6 Å². The molecule has 0 fully saturated rings. The average molecular weight is 470 g/mol. The Morgan fingerprint density at radius 2 is 1.56 bits per heavy atom. The van der Waals surface area contributed by atoms with Crippen molar-refractivity contribution in [2.45, 2.75) is 11.8 Å². The summed E-state index contributed by atoms with van der Waals surface area (Å²) in [4.78, 5) is 19.0. The second-order valence-electron chi connectivity index (χ2n) is 6.83. The molecule has 11 heteroatoms. The Balaban J connectivity index is 1.80. The van der Waals surface area contributed by atoms with Crippen molar-refractivity contribution in [3.8, 4) is 0 Å². The molecule has 1 aromatic heterocycles. The number of para-hydroxylation sites is 3. The van der Waals surface area contributed by atoms with Crippen molar-refractivity contribution in [3.63, 3.8) is 0 Å². The van der Waals surface area contributed by atoms with Crippen molar-refractivity contribution >= 4 is 55.7 Å². The SMILES string of the molecule is Cc1ccccc1Nc1nc2ccccc2nc1NS(=O)(=O)c1ccc(Cl)c([N+](=O)[O-])c1. The number of benzene rings is 3. The number of nitrogens with one attached hydrogen (secondary N) is 2. The summed E-state index contributed by atoms with van der Waals surface area (Å²) in [6, 6.07) is 17.7. The minimum Gasteiger partial charge on any atom is -0.337 e. The van der Waals surface area contributed by atoms with Crippen molar-refractivity contribution < 1.29 is 13.3 Å². The van der Waals surface area contributed by atoms with E-state index in [2.05, 4.69) is 20.0 Å². The lowest BCUT2D eigenvalue weighted by Gasteiger charge is -2.15. The van der Waals surface area contributed by atoms with Crippen LogP contribution in [0.4, 0.5) is 23.0 Å². The maximum atomic E-state index is 13.0. The van der Waals surface area contributed by atoms with Crippen molar-refractivity contribution in [1.29, 1.82) is 0 Å². The lowest BCUT2D eigenvalue weighted by molar-refractivity contribution is -0.384. The number of rotatable bonds is 6. The number of halogens is 1. The summed E-state index contributed by atoms with van der Waals surface area (Å²) in [6.07, 6.45) is 0. The van der Waals surface area contributed by atoms with Gasteiger partial charge in [-0.15, -0.1) is 0 Å². The van der Waals surface area contributed by atoms with Gasteiger partial charge in [-0.3, -0.25) is 14.8 Å². The quantitative estimate of drug-likeness (QED) is 0.299. The van der Waals surface area contributed by atoms with Gasteiger partial charge in [0.15, 0.2) is 11.6 Å². The molecule has 4 rings (SSSR count). The number of anilines is 3. The third kappa shape index (κ3) is 4.32.